The number of hydrogen-bond acceptors (Lipinski definition) is 12. The molecule has 15 heteroatoms. The van der Waals surface area contributed by atoms with Crippen molar-refractivity contribution in [3.63, 3.8) is 0 Å². The Balaban J connectivity index is 1.48. The second-order valence-corrected chi connectivity index (χ2v) is 12.0. The summed E-state index contributed by atoms with van der Waals surface area (Å²) < 4.78 is 47.8. The van der Waals surface area contributed by atoms with Crippen molar-refractivity contribution in [3.05, 3.63) is 66.5 Å². The lowest BCUT2D eigenvalue weighted by Crippen LogP contribution is -2.17. The summed E-state index contributed by atoms with van der Waals surface area (Å²) in [6.07, 6.45) is 5.13. The van der Waals surface area contributed by atoms with Crippen molar-refractivity contribution in [3.8, 4) is 46.0 Å². The predicted octanol–water partition coefficient (Wildman–Crippen LogP) is 4.63. The van der Waals surface area contributed by atoms with Gasteiger partial charge in [0.2, 0.25) is 11.6 Å². The smallest absolute Gasteiger partial charge is 0.280 e. The zero-order valence-corrected chi connectivity index (χ0v) is 24.9. The number of benzene rings is 1. The molecule has 0 amide bonds. The second-order valence-electron chi connectivity index (χ2n) is 10.4. The number of hydrogen-bond donors (Lipinski definition) is 2. The number of aromatic nitrogens is 8. The van der Waals surface area contributed by atoms with E-state index in [1.54, 1.807) is 48.7 Å². The van der Waals surface area contributed by atoms with Crippen molar-refractivity contribution in [1.82, 2.24) is 40.6 Å². The van der Waals surface area contributed by atoms with Crippen LogP contribution in [-0.2, 0) is 10.0 Å². The molecule has 1 fully saturated rings. The molecule has 2 N–H and O–H groups in total. The number of tetrazole rings is 1. The molecule has 0 saturated heterocycles. The van der Waals surface area contributed by atoms with Crippen molar-refractivity contribution in [2.24, 2.45) is 5.92 Å². The molecule has 5 aromatic rings. The quantitative estimate of drug-likeness (QED) is 0.199. The van der Waals surface area contributed by atoms with E-state index in [9.17, 15) is 8.42 Å². The van der Waals surface area contributed by atoms with Gasteiger partial charge in [0.15, 0.2) is 28.2 Å². The Kier molecular flexibility index (Phi) is 8.02. The van der Waals surface area contributed by atoms with Gasteiger partial charge in [-0.1, -0.05) is 32.0 Å². The molecule has 0 aliphatic heterocycles. The Morgan fingerprint density at radius 2 is 1.84 bits per heavy atom. The normalized spacial score (nSPS) is 13.1. The fourth-order valence-corrected chi connectivity index (χ4v) is 5.08. The fourth-order valence-electron chi connectivity index (χ4n) is 4.15. The third kappa shape index (κ3) is 6.41. The molecule has 1 saturated carbocycles. The number of rotatable bonds is 12. The van der Waals surface area contributed by atoms with Crippen LogP contribution in [0.2, 0.25) is 0 Å². The van der Waals surface area contributed by atoms with Gasteiger partial charge in [-0.15, -0.1) is 10.2 Å². The Morgan fingerprint density at radius 3 is 2.52 bits per heavy atom. The van der Waals surface area contributed by atoms with Gasteiger partial charge >= 0.3 is 0 Å². The molecule has 0 bridgehead atoms. The van der Waals surface area contributed by atoms with E-state index in [1.165, 1.54) is 19.4 Å². The first-order valence-corrected chi connectivity index (χ1v) is 15.3. The lowest BCUT2D eigenvalue weighted by Gasteiger charge is -2.18. The molecule has 0 spiro atoms. The van der Waals surface area contributed by atoms with Gasteiger partial charge in [-0.3, -0.25) is 9.71 Å². The summed E-state index contributed by atoms with van der Waals surface area (Å²) in [4.78, 5) is 17.8. The van der Waals surface area contributed by atoms with Gasteiger partial charge < -0.3 is 14.2 Å². The van der Waals surface area contributed by atoms with E-state index >= 15 is 0 Å². The number of sulfonamides is 1. The maximum Gasteiger partial charge on any atom is 0.280 e. The Hall–Kier alpha value is -5.18. The molecule has 6 rings (SSSR count). The third-order valence-corrected chi connectivity index (χ3v) is 8.05. The van der Waals surface area contributed by atoms with Gasteiger partial charge in [0, 0.05) is 18.0 Å². The van der Waals surface area contributed by atoms with E-state index in [-0.39, 0.29) is 40.0 Å². The first kappa shape index (κ1) is 28.9. The first-order chi connectivity index (χ1) is 21.3. The molecule has 0 atom stereocenters. The number of nitrogens with one attached hydrogen (secondary N) is 2. The Morgan fingerprint density at radius 1 is 1.02 bits per heavy atom. The van der Waals surface area contributed by atoms with E-state index in [4.69, 9.17) is 14.2 Å². The van der Waals surface area contributed by atoms with Gasteiger partial charge in [-0.05, 0) is 65.8 Å². The summed E-state index contributed by atoms with van der Waals surface area (Å²) in [5.41, 5.74) is 1.81. The number of ether oxygens (including phenoxy) is 3. The van der Waals surface area contributed by atoms with Crippen molar-refractivity contribution in [2.75, 3.05) is 18.4 Å². The van der Waals surface area contributed by atoms with Crippen LogP contribution in [0.25, 0.3) is 22.9 Å². The van der Waals surface area contributed by atoms with Crippen LogP contribution in [0.15, 0.2) is 66.0 Å². The van der Waals surface area contributed by atoms with Crippen LogP contribution in [0.5, 0.6) is 23.1 Å². The topological polar surface area (TPSA) is 180 Å². The summed E-state index contributed by atoms with van der Waals surface area (Å²) in [7, 11) is -2.72. The van der Waals surface area contributed by atoms with Gasteiger partial charge in [0.1, 0.15) is 5.69 Å². The average Bonchev–Trinajstić information content (AvgIpc) is 3.70. The largest absolute Gasteiger partial charge is 0.493 e. The average molecular weight is 616 g/mol. The zero-order valence-electron chi connectivity index (χ0n) is 24.1. The van der Waals surface area contributed by atoms with Crippen molar-refractivity contribution < 1.29 is 22.6 Å². The highest BCUT2D eigenvalue weighted by Gasteiger charge is 2.28. The van der Waals surface area contributed by atoms with Gasteiger partial charge in [-0.2, -0.15) is 18.6 Å². The zero-order chi connectivity index (χ0) is 30.7. The van der Waals surface area contributed by atoms with Crippen LogP contribution in [0.1, 0.15) is 38.2 Å². The van der Waals surface area contributed by atoms with Crippen LogP contribution in [-0.4, -0.2) is 62.7 Å². The summed E-state index contributed by atoms with van der Waals surface area (Å²) in [5, 5.41) is 13.8. The molecule has 1 aromatic carbocycles. The standard InChI is InChI=1S/C29H29N9O5S/c1-17(2)20-10-11-24(31-15-20)44(39,40)36-28-25(43-23-7-5-4-6-22(23)41-3)29(42-16-18-8-9-18)33-26(32-28)19-12-13-30-21(14-19)27-34-37-38-35-27/h4-7,10-15,17-18H,8-9,16H2,1-3H3,(H,32,33,36)(H,34,35,37,38). The Bertz CT molecular complexity index is 1860. The van der Waals surface area contributed by atoms with Crippen molar-refractivity contribution in [2.45, 2.75) is 37.6 Å². The second kappa shape index (κ2) is 12.2. The number of para-hydroxylation sites is 2. The van der Waals surface area contributed by atoms with Crippen LogP contribution in [0.3, 0.4) is 0 Å². The minimum absolute atomic E-state index is 0.0336. The maximum atomic E-state index is 13.7. The van der Waals surface area contributed by atoms with E-state index in [0.29, 0.717) is 35.3 Å². The van der Waals surface area contributed by atoms with E-state index in [0.717, 1.165) is 18.4 Å². The highest BCUT2D eigenvalue weighted by atomic mass is 32.2. The minimum atomic E-state index is -4.23. The number of nitrogens with zero attached hydrogens (tertiary/aromatic N) is 7. The summed E-state index contributed by atoms with van der Waals surface area (Å²) in [6.45, 7) is 4.37. The Labute approximate surface area is 253 Å². The SMILES string of the molecule is COc1ccccc1Oc1c(NS(=O)(=O)c2ccc(C(C)C)cn2)nc(-c2ccnc(-c3nn[nH]n3)c2)nc1OCC1CC1. The van der Waals surface area contributed by atoms with Crippen molar-refractivity contribution in [1.29, 1.82) is 0 Å². The lowest BCUT2D eigenvalue weighted by molar-refractivity contribution is 0.273. The predicted molar refractivity (Wildman–Crippen MR) is 159 cm³/mol. The first-order valence-electron chi connectivity index (χ1n) is 13.9. The van der Waals surface area contributed by atoms with Gasteiger partial charge in [-0.25, -0.2) is 9.97 Å². The summed E-state index contributed by atoms with van der Waals surface area (Å²) >= 11 is 0. The van der Waals surface area contributed by atoms with E-state index in [2.05, 4.69) is 45.3 Å². The molecule has 1 aliphatic carbocycles. The highest BCUT2D eigenvalue weighted by molar-refractivity contribution is 7.92. The van der Waals surface area contributed by atoms with Crippen LogP contribution < -0.4 is 18.9 Å². The van der Waals surface area contributed by atoms with Crippen molar-refractivity contribution >= 4 is 15.8 Å². The minimum Gasteiger partial charge on any atom is -0.493 e. The molecule has 0 radical (unpaired) electrons. The molecule has 14 nitrogen and oxygen atoms in total. The third-order valence-electron chi connectivity index (χ3n) is 6.79. The van der Waals surface area contributed by atoms with E-state index in [1.807, 2.05) is 13.8 Å². The van der Waals surface area contributed by atoms with Crippen LogP contribution in [0.4, 0.5) is 5.82 Å². The van der Waals surface area contributed by atoms with Gasteiger partial charge in [0.25, 0.3) is 15.9 Å². The number of H-pyrrole nitrogens is 1. The molecule has 1 aliphatic rings. The molecular formula is C29H29N9O5S. The molecule has 226 valence electrons. The number of pyridine rings is 2. The number of methoxy groups -OCH3 is 1. The molecule has 4 heterocycles. The number of aromatic amines is 1. The molecule has 44 heavy (non-hydrogen) atoms. The lowest BCUT2D eigenvalue weighted by atomic mass is 10.1. The van der Waals surface area contributed by atoms with E-state index < -0.39 is 10.0 Å². The molecular weight excluding hydrogens is 586 g/mol. The maximum absolute atomic E-state index is 13.7. The van der Waals surface area contributed by atoms with Crippen LogP contribution >= 0.6 is 0 Å². The summed E-state index contributed by atoms with van der Waals surface area (Å²) in [6, 6.07) is 13.5. The number of anilines is 1. The molecule has 0 unspecified atom stereocenters. The van der Waals surface area contributed by atoms with Gasteiger partial charge in [0.05, 0.1) is 13.7 Å². The van der Waals surface area contributed by atoms with Crippen LogP contribution in [0, 0.1) is 5.92 Å². The monoisotopic (exact) mass is 615 g/mol. The molecule has 4 aromatic heterocycles. The fraction of sp³-hybridized carbons (Fsp3) is 0.276. The highest BCUT2D eigenvalue weighted by Crippen LogP contribution is 2.42. The summed E-state index contributed by atoms with van der Waals surface area (Å²) in [5.74, 6) is 1.55.